The van der Waals surface area contributed by atoms with Crippen molar-refractivity contribution in [3.8, 4) is 0 Å². The molecule has 3 heteroatoms. The van der Waals surface area contributed by atoms with Crippen molar-refractivity contribution in [2.45, 2.75) is 38.1 Å². The molecule has 1 aliphatic rings. The van der Waals surface area contributed by atoms with Crippen LogP contribution in [0.1, 0.15) is 30.4 Å². The first kappa shape index (κ1) is 10.6. The molecule has 1 aromatic carbocycles. The van der Waals surface area contributed by atoms with Crippen molar-refractivity contribution in [1.82, 2.24) is 0 Å². The molecule has 15 heavy (non-hydrogen) atoms. The third-order valence-corrected chi connectivity index (χ3v) is 3.14. The number of halogens is 2. The summed E-state index contributed by atoms with van der Waals surface area (Å²) in [6.45, 7) is 1.44. The van der Waals surface area contributed by atoms with E-state index in [-0.39, 0.29) is 11.1 Å². The van der Waals surface area contributed by atoms with Crippen LogP contribution in [0.25, 0.3) is 0 Å². The van der Waals surface area contributed by atoms with Crippen LogP contribution in [0.4, 0.5) is 8.78 Å². The van der Waals surface area contributed by atoms with Gasteiger partial charge in [0.1, 0.15) is 11.6 Å². The van der Waals surface area contributed by atoms with Crippen molar-refractivity contribution < 1.29 is 8.78 Å². The Kier molecular flexibility index (Phi) is 2.51. The second kappa shape index (κ2) is 3.56. The molecule has 0 radical (unpaired) electrons. The molecule has 0 amide bonds. The van der Waals surface area contributed by atoms with E-state index in [1.807, 2.05) is 0 Å². The highest BCUT2D eigenvalue weighted by molar-refractivity contribution is 5.25. The first-order chi connectivity index (χ1) is 7.00. The minimum absolute atomic E-state index is 0.0577. The third-order valence-electron chi connectivity index (χ3n) is 3.14. The number of benzene rings is 1. The van der Waals surface area contributed by atoms with Gasteiger partial charge in [0.15, 0.2) is 0 Å². The summed E-state index contributed by atoms with van der Waals surface area (Å²) < 4.78 is 26.4. The Morgan fingerprint density at radius 3 is 2.27 bits per heavy atom. The van der Waals surface area contributed by atoms with E-state index >= 15 is 0 Å². The predicted octanol–water partition coefficient (Wildman–Crippen LogP) is 2.70. The second-order valence-corrected chi connectivity index (χ2v) is 4.55. The van der Waals surface area contributed by atoms with Crippen molar-refractivity contribution in [1.29, 1.82) is 0 Å². The smallest absolute Gasteiger partial charge is 0.129 e. The van der Waals surface area contributed by atoms with Crippen LogP contribution < -0.4 is 5.73 Å². The van der Waals surface area contributed by atoms with Crippen molar-refractivity contribution >= 4 is 0 Å². The monoisotopic (exact) mass is 211 g/mol. The lowest BCUT2D eigenvalue weighted by atomic mass is 10.0. The van der Waals surface area contributed by atoms with Gasteiger partial charge in [-0.2, -0.15) is 0 Å². The van der Waals surface area contributed by atoms with Gasteiger partial charge < -0.3 is 5.73 Å². The molecular formula is C12H15F2N. The van der Waals surface area contributed by atoms with Crippen LogP contribution in [0.3, 0.4) is 0 Å². The number of nitrogens with two attached hydrogens (primary N) is 1. The van der Waals surface area contributed by atoms with E-state index in [4.69, 9.17) is 5.73 Å². The highest BCUT2D eigenvalue weighted by Crippen LogP contribution is 2.36. The maximum absolute atomic E-state index is 13.2. The average Bonchev–Trinajstić information content (AvgIpc) is 2.90. The summed E-state index contributed by atoms with van der Waals surface area (Å²) in [5.74, 6) is -0.932. The van der Waals surface area contributed by atoms with E-state index in [1.165, 1.54) is 19.1 Å². The molecule has 1 fully saturated rings. The molecule has 1 nitrogen and oxygen atoms in total. The highest BCUT2D eigenvalue weighted by atomic mass is 19.1. The summed E-state index contributed by atoms with van der Waals surface area (Å²) in [6, 6.07) is 2.81. The Balaban J connectivity index is 2.08. The van der Waals surface area contributed by atoms with Gasteiger partial charge in [0, 0.05) is 11.1 Å². The fourth-order valence-electron chi connectivity index (χ4n) is 1.65. The van der Waals surface area contributed by atoms with E-state index in [2.05, 4.69) is 0 Å². The van der Waals surface area contributed by atoms with Crippen LogP contribution in [0, 0.1) is 18.6 Å². The van der Waals surface area contributed by atoms with Gasteiger partial charge in [0.25, 0.3) is 0 Å². The van der Waals surface area contributed by atoms with E-state index in [1.54, 1.807) is 0 Å². The van der Waals surface area contributed by atoms with E-state index in [9.17, 15) is 8.78 Å². The number of aryl methyl sites for hydroxylation is 1. The highest BCUT2D eigenvalue weighted by Gasteiger charge is 2.37. The van der Waals surface area contributed by atoms with Crippen LogP contribution in [-0.2, 0) is 6.42 Å². The van der Waals surface area contributed by atoms with Crippen molar-refractivity contribution in [2.24, 2.45) is 5.73 Å². The molecule has 82 valence electrons. The zero-order valence-corrected chi connectivity index (χ0v) is 8.82. The Morgan fingerprint density at radius 1 is 1.27 bits per heavy atom. The third kappa shape index (κ3) is 2.34. The quantitative estimate of drug-likeness (QED) is 0.817. The van der Waals surface area contributed by atoms with Gasteiger partial charge in [-0.1, -0.05) is 0 Å². The predicted molar refractivity (Wildman–Crippen MR) is 55.6 cm³/mol. The molecule has 0 spiro atoms. The first-order valence-corrected chi connectivity index (χ1v) is 5.24. The fraction of sp³-hybridized carbons (Fsp3) is 0.500. The van der Waals surface area contributed by atoms with Crippen molar-refractivity contribution in [3.05, 3.63) is 34.9 Å². The number of hydrogen-bond acceptors (Lipinski definition) is 1. The molecule has 1 aromatic rings. The summed E-state index contributed by atoms with van der Waals surface area (Å²) in [7, 11) is 0. The van der Waals surface area contributed by atoms with Gasteiger partial charge in [0.05, 0.1) is 0 Å². The molecule has 2 N–H and O–H groups in total. The summed E-state index contributed by atoms with van der Waals surface area (Å²) in [5, 5.41) is 0. The normalized spacial score (nSPS) is 17.9. The summed E-state index contributed by atoms with van der Waals surface area (Å²) in [6.07, 6.45) is 3.53. The minimum atomic E-state index is -0.466. The lowest BCUT2D eigenvalue weighted by Crippen LogP contribution is -2.22. The van der Waals surface area contributed by atoms with Gasteiger partial charge in [-0.05, 0) is 50.3 Å². The van der Waals surface area contributed by atoms with Gasteiger partial charge in [0.2, 0.25) is 0 Å². The average molecular weight is 211 g/mol. The summed E-state index contributed by atoms with van der Waals surface area (Å²) in [5.41, 5.74) is 6.65. The maximum Gasteiger partial charge on any atom is 0.129 e. The molecule has 0 atom stereocenters. The van der Waals surface area contributed by atoms with Gasteiger partial charge in [-0.3, -0.25) is 0 Å². The van der Waals surface area contributed by atoms with Crippen LogP contribution in [0.5, 0.6) is 0 Å². The zero-order valence-electron chi connectivity index (χ0n) is 8.82. The molecule has 0 bridgehead atoms. The fourth-order valence-corrected chi connectivity index (χ4v) is 1.65. The largest absolute Gasteiger partial charge is 0.325 e. The molecular weight excluding hydrogens is 196 g/mol. The van der Waals surface area contributed by atoms with Gasteiger partial charge in [-0.25, -0.2) is 8.78 Å². The van der Waals surface area contributed by atoms with Crippen molar-refractivity contribution in [2.75, 3.05) is 0 Å². The molecule has 1 aliphatic carbocycles. The summed E-state index contributed by atoms with van der Waals surface area (Å²) in [4.78, 5) is 0. The van der Waals surface area contributed by atoms with E-state index < -0.39 is 11.6 Å². The van der Waals surface area contributed by atoms with Crippen LogP contribution in [-0.4, -0.2) is 5.54 Å². The maximum atomic E-state index is 13.2. The van der Waals surface area contributed by atoms with Crippen molar-refractivity contribution in [3.63, 3.8) is 0 Å². The molecule has 0 heterocycles. The molecule has 2 rings (SSSR count). The van der Waals surface area contributed by atoms with Crippen LogP contribution in [0.2, 0.25) is 0 Å². The molecule has 0 aromatic heterocycles. The minimum Gasteiger partial charge on any atom is -0.325 e. The Labute approximate surface area is 88.3 Å². The van der Waals surface area contributed by atoms with Crippen LogP contribution in [0.15, 0.2) is 12.1 Å². The Hall–Kier alpha value is -0.960. The Morgan fingerprint density at radius 2 is 1.80 bits per heavy atom. The van der Waals surface area contributed by atoms with Crippen LogP contribution >= 0.6 is 0 Å². The standard InChI is InChI=1S/C12H15F2N/c1-8-10(13)6-9(7-11(8)14)2-3-12(15)4-5-12/h6-7H,2-5,15H2,1H3. The lowest BCUT2D eigenvalue weighted by Gasteiger charge is -2.09. The topological polar surface area (TPSA) is 26.0 Å². The Bertz CT molecular complexity index is 360. The zero-order chi connectivity index (χ0) is 11.1. The molecule has 1 saturated carbocycles. The number of rotatable bonds is 3. The lowest BCUT2D eigenvalue weighted by molar-refractivity contribution is 0.557. The van der Waals surface area contributed by atoms with Gasteiger partial charge >= 0.3 is 0 Å². The first-order valence-electron chi connectivity index (χ1n) is 5.24. The molecule has 0 unspecified atom stereocenters. The molecule has 0 saturated heterocycles. The number of hydrogen-bond donors (Lipinski definition) is 1. The van der Waals surface area contributed by atoms with Gasteiger partial charge in [-0.15, -0.1) is 0 Å². The van der Waals surface area contributed by atoms with E-state index in [0.29, 0.717) is 12.0 Å². The second-order valence-electron chi connectivity index (χ2n) is 4.55. The summed E-state index contributed by atoms with van der Waals surface area (Å²) >= 11 is 0. The SMILES string of the molecule is Cc1c(F)cc(CCC2(N)CC2)cc1F. The molecule has 0 aliphatic heterocycles. The van der Waals surface area contributed by atoms with E-state index in [0.717, 1.165) is 19.3 Å².